The fraction of sp³-hybridized carbons (Fsp3) is 0.467. The van der Waals surface area contributed by atoms with Gasteiger partial charge >= 0.3 is 6.03 Å². The average molecular weight is 276 g/mol. The van der Waals surface area contributed by atoms with Crippen molar-refractivity contribution in [2.75, 3.05) is 11.9 Å². The molecule has 0 aliphatic heterocycles. The third-order valence-electron chi connectivity index (χ3n) is 3.99. The second-order valence-corrected chi connectivity index (χ2v) is 5.36. The molecule has 5 heteroatoms. The maximum Gasteiger partial charge on any atom is 0.319 e. The molecule has 1 fully saturated rings. The van der Waals surface area contributed by atoms with E-state index in [1.54, 1.807) is 25.1 Å². The molecule has 1 aliphatic carbocycles. The molecule has 1 aromatic carbocycles. The summed E-state index contributed by atoms with van der Waals surface area (Å²) >= 11 is 0. The number of carbonyl (C=O) groups is 2. The lowest BCUT2D eigenvalue weighted by molar-refractivity contribution is 0.112. The Morgan fingerprint density at radius 1 is 1.40 bits per heavy atom. The van der Waals surface area contributed by atoms with E-state index in [4.69, 9.17) is 0 Å². The molecule has 1 aliphatic rings. The van der Waals surface area contributed by atoms with Gasteiger partial charge in [-0.05, 0) is 31.4 Å². The van der Waals surface area contributed by atoms with Gasteiger partial charge in [0, 0.05) is 11.3 Å². The first kappa shape index (κ1) is 14.5. The Bertz CT molecular complexity index is 508. The summed E-state index contributed by atoms with van der Waals surface area (Å²) < 4.78 is 0. The largest absolute Gasteiger partial charge is 0.394 e. The molecule has 20 heavy (non-hydrogen) atoms. The second kappa shape index (κ2) is 6.05. The number of amides is 2. The van der Waals surface area contributed by atoms with Crippen LogP contribution in [0.25, 0.3) is 0 Å². The van der Waals surface area contributed by atoms with Gasteiger partial charge < -0.3 is 15.7 Å². The Morgan fingerprint density at radius 3 is 2.70 bits per heavy atom. The van der Waals surface area contributed by atoms with Crippen LogP contribution < -0.4 is 10.6 Å². The zero-order valence-corrected chi connectivity index (χ0v) is 11.6. The number of aldehydes is 1. The van der Waals surface area contributed by atoms with Crippen LogP contribution in [-0.2, 0) is 0 Å². The Labute approximate surface area is 118 Å². The summed E-state index contributed by atoms with van der Waals surface area (Å²) in [7, 11) is 0. The highest BCUT2D eigenvalue weighted by atomic mass is 16.3. The number of aliphatic hydroxyl groups is 1. The van der Waals surface area contributed by atoms with E-state index in [0.717, 1.165) is 37.5 Å². The Balaban J connectivity index is 2.06. The molecule has 108 valence electrons. The van der Waals surface area contributed by atoms with Crippen LogP contribution in [0.2, 0.25) is 0 Å². The second-order valence-electron chi connectivity index (χ2n) is 5.36. The molecule has 0 unspecified atom stereocenters. The van der Waals surface area contributed by atoms with Crippen molar-refractivity contribution in [1.29, 1.82) is 0 Å². The smallest absolute Gasteiger partial charge is 0.319 e. The van der Waals surface area contributed by atoms with Crippen molar-refractivity contribution in [1.82, 2.24) is 5.32 Å². The van der Waals surface area contributed by atoms with Gasteiger partial charge in [0.05, 0.1) is 12.1 Å². The lowest BCUT2D eigenvalue weighted by Gasteiger charge is -2.28. The molecule has 0 atom stereocenters. The number of nitrogens with one attached hydrogen (secondary N) is 2. The molecule has 2 amide bonds. The molecular formula is C15H20N2O3. The molecule has 0 bridgehead atoms. The number of aliphatic hydroxyl groups excluding tert-OH is 1. The molecule has 0 saturated heterocycles. The zero-order valence-electron chi connectivity index (χ0n) is 11.6. The zero-order chi connectivity index (χ0) is 14.6. The van der Waals surface area contributed by atoms with Gasteiger partial charge in [-0.2, -0.15) is 0 Å². The molecule has 1 aromatic rings. The minimum Gasteiger partial charge on any atom is -0.394 e. The number of rotatable bonds is 4. The summed E-state index contributed by atoms with van der Waals surface area (Å²) in [6.45, 7) is 1.74. The van der Waals surface area contributed by atoms with Crippen LogP contribution >= 0.6 is 0 Å². The number of urea groups is 1. The van der Waals surface area contributed by atoms with Gasteiger partial charge in [-0.3, -0.25) is 4.79 Å². The van der Waals surface area contributed by atoms with Gasteiger partial charge in [0.1, 0.15) is 6.29 Å². The van der Waals surface area contributed by atoms with Gasteiger partial charge in [0.25, 0.3) is 0 Å². The third kappa shape index (κ3) is 2.99. The van der Waals surface area contributed by atoms with Crippen LogP contribution in [0.4, 0.5) is 10.5 Å². The molecule has 0 spiro atoms. The first-order valence-electron chi connectivity index (χ1n) is 6.85. The molecule has 0 radical (unpaired) electrons. The van der Waals surface area contributed by atoms with Crippen LogP contribution in [0.15, 0.2) is 18.2 Å². The minimum atomic E-state index is -0.500. The lowest BCUT2D eigenvalue weighted by Crippen LogP contribution is -2.50. The summed E-state index contributed by atoms with van der Waals surface area (Å²) in [5.41, 5.74) is 1.40. The molecule has 5 nitrogen and oxygen atoms in total. The van der Waals surface area contributed by atoms with Crippen LogP contribution in [0.5, 0.6) is 0 Å². The number of benzene rings is 1. The van der Waals surface area contributed by atoms with Crippen molar-refractivity contribution >= 4 is 18.0 Å². The fourth-order valence-electron chi connectivity index (χ4n) is 2.69. The van der Waals surface area contributed by atoms with Crippen molar-refractivity contribution in [2.45, 2.75) is 38.1 Å². The number of hydrogen-bond donors (Lipinski definition) is 3. The van der Waals surface area contributed by atoms with E-state index < -0.39 is 5.54 Å². The maximum absolute atomic E-state index is 12.1. The number of carbonyl (C=O) groups excluding carboxylic acids is 2. The Hall–Kier alpha value is -1.88. The van der Waals surface area contributed by atoms with Gasteiger partial charge in [-0.25, -0.2) is 4.79 Å². The van der Waals surface area contributed by atoms with Crippen molar-refractivity contribution in [3.63, 3.8) is 0 Å². The van der Waals surface area contributed by atoms with Gasteiger partial charge in [-0.1, -0.05) is 25.0 Å². The van der Waals surface area contributed by atoms with Crippen molar-refractivity contribution < 1.29 is 14.7 Å². The topological polar surface area (TPSA) is 78.4 Å². The summed E-state index contributed by atoms with van der Waals surface area (Å²) in [6.07, 6.45) is 4.39. The fourth-order valence-corrected chi connectivity index (χ4v) is 2.69. The summed E-state index contributed by atoms with van der Waals surface area (Å²) in [4.78, 5) is 22.9. The van der Waals surface area contributed by atoms with E-state index in [1.165, 1.54) is 0 Å². The minimum absolute atomic E-state index is 0.0478. The van der Waals surface area contributed by atoms with Crippen molar-refractivity contribution in [2.24, 2.45) is 0 Å². The summed E-state index contributed by atoms with van der Waals surface area (Å²) in [6, 6.07) is 4.84. The molecule has 0 aromatic heterocycles. The molecular weight excluding hydrogens is 256 g/mol. The van der Waals surface area contributed by atoms with Gasteiger partial charge in [-0.15, -0.1) is 0 Å². The first-order chi connectivity index (χ1) is 9.60. The quantitative estimate of drug-likeness (QED) is 0.738. The normalized spacial score (nSPS) is 16.7. The van der Waals surface area contributed by atoms with E-state index in [1.807, 2.05) is 0 Å². The van der Waals surface area contributed by atoms with Crippen molar-refractivity contribution in [3.8, 4) is 0 Å². The highest BCUT2D eigenvalue weighted by molar-refractivity contribution is 5.92. The summed E-state index contributed by atoms with van der Waals surface area (Å²) in [5, 5.41) is 15.1. The standard InChI is InChI=1S/C15H20N2O3/c1-11-12(9-18)5-4-6-13(11)16-14(20)17-15(10-19)7-2-3-8-15/h4-6,9,19H,2-3,7-8,10H2,1H3,(H2,16,17,20). The average Bonchev–Trinajstić information content (AvgIpc) is 2.90. The highest BCUT2D eigenvalue weighted by Crippen LogP contribution is 2.29. The molecule has 3 N–H and O–H groups in total. The van der Waals surface area contributed by atoms with Crippen molar-refractivity contribution in [3.05, 3.63) is 29.3 Å². The van der Waals surface area contributed by atoms with Crippen LogP contribution in [-0.4, -0.2) is 29.6 Å². The SMILES string of the molecule is Cc1c(C=O)cccc1NC(=O)NC1(CO)CCCC1. The monoisotopic (exact) mass is 276 g/mol. The van der Waals surface area contributed by atoms with Gasteiger partial charge in [0.2, 0.25) is 0 Å². The number of hydrogen-bond acceptors (Lipinski definition) is 3. The van der Waals surface area contributed by atoms with E-state index in [2.05, 4.69) is 10.6 Å². The van der Waals surface area contributed by atoms with Crippen LogP contribution in [0.1, 0.15) is 41.6 Å². The predicted octanol–water partition coefficient (Wildman–Crippen LogP) is 2.23. The van der Waals surface area contributed by atoms with Crippen LogP contribution in [0.3, 0.4) is 0 Å². The van der Waals surface area contributed by atoms with E-state index in [0.29, 0.717) is 11.3 Å². The van der Waals surface area contributed by atoms with Gasteiger partial charge in [0.15, 0.2) is 0 Å². The molecule has 2 rings (SSSR count). The molecule has 0 heterocycles. The van der Waals surface area contributed by atoms with E-state index in [9.17, 15) is 14.7 Å². The van der Waals surface area contributed by atoms with Crippen LogP contribution in [0, 0.1) is 6.92 Å². The van der Waals surface area contributed by atoms with E-state index >= 15 is 0 Å². The summed E-state index contributed by atoms with van der Waals surface area (Å²) in [5.74, 6) is 0. The predicted molar refractivity (Wildman–Crippen MR) is 77.0 cm³/mol. The Kier molecular flexibility index (Phi) is 4.39. The first-order valence-corrected chi connectivity index (χ1v) is 6.85. The third-order valence-corrected chi connectivity index (χ3v) is 3.99. The Morgan fingerprint density at radius 2 is 2.10 bits per heavy atom. The molecule has 1 saturated carbocycles. The number of anilines is 1. The van der Waals surface area contributed by atoms with E-state index in [-0.39, 0.29) is 12.6 Å². The maximum atomic E-state index is 12.1. The lowest BCUT2D eigenvalue weighted by atomic mass is 9.99. The highest BCUT2D eigenvalue weighted by Gasteiger charge is 2.34.